The van der Waals surface area contributed by atoms with E-state index in [-0.39, 0.29) is 5.91 Å². The number of nitrogens with zero attached hydrogens (tertiary/aromatic N) is 3. The summed E-state index contributed by atoms with van der Waals surface area (Å²) in [6, 6.07) is 7.72. The van der Waals surface area contributed by atoms with E-state index < -0.39 is 0 Å². The molecule has 0 aliphatic heterocycles. The number of carbonyl (C=O) groups excluding carboxylic acids is 1. The first-order valence-corrected chi connectivity index (χ1v) is 5.97. The molecule has 0 atom stereocenters. The van der Waals surface area contributed by atoms with Gasteiger partial charge < -0.3 is 10.2 Å². The quantitative estimate of drug-likeness (QED) is 0.913. The minimum Gasteiger partial charge on any atom is -0.372 e. The molecule has 0 aliphatic carbocycles. The summed E-state index contributed by atoms with van der Waals surface area (Å²) in [7, 11) is 3.49. The minimum atomic E-state index is -0.176. The van der Waals surface area contributed by atoms with Gasteiger partial charge in [0, 0.05) is 19.8 Å². The van der Waals surface area contributed by atoms with E-state index in [9.17, 15) is 4.79 Å². The van der Waals surface area contributed by atoms with Gasteiger partial charge in [-0.15, -0.1) is 0 Å². The molecule has 0 aliphatic rings. The number of hydrogen-bond acceptors (Lipinski definition) is 4. The fourth-order valence-electron chi connectivity index (χ4n) is 1.79. The lowest BCUT2D eigenvalue weighted by atomic mass is 10.2. The average molecular weight is 256 g/mol. The summed E-state index contributed by atoms with van der Waals surface area (Å²) in [5, 5.41) is 2.86. The molecule has 1 aromatic heterocycles. The minimum absolute atomic E-state index is 0.176. The molecule has 2 rings (SSSR count). The topological polar surface area (TPSA) is 58.1 Å². The average Bonchev–Trinajstić information content (AvgIpc) is 2.46. The second-order valence-electron chi connectivity index (χ2n) is 4.19. The SMILES string of the molecule is CNc1cnc(C(=O)N(C)c2ccccc2C)cn1. The summed E-state index contributed by atoms with van der Waals surface area (Å²) >= 11 is 0. The number of hydrogen-bond donors (Lipinski definition) is 1. The van der Waals surface area contributed by atoms with Crippen LogP contribution in [0.3, 0.4) is 0 Å². The van der Waals surface area contributed by atoms with Crippen molar-refractivity contribution in [2.75, 3.05) is 24.3 Å². The highest BCUT2D eigenvalue weighted by molar-refractivity contribution is 6.04. The van der Waals surface area contributed by atoms with Crippen molar-refractivity contribution in [2.24, 2.45) is 0 Å². The molecule has 5 nitrogen and oxygen atoms in total. The number of anilines is 2. The van der Waals surface area contributed by atoms with Crippen molar-refractivity contribution >= 4 is 17.4 Å². The second kappa shape index (κ2) is 5.48. The molecule has 1 N–H and O–H groups in total. The molecule has 0 bridgehead atoms. The predicted molar refractivity (Wildman–Crippen MR) is 75.5 cm³/mol. The molecule has 0 saturated carbocycles. The predicted octanol–water partition coefficient (Wildman–Crippen LogP) is 2.10. The van der Waals surface area contributed by atoms with Crippen molar-refractivity contribution in [2.45, 2.75) is 6.92 Å². The van der Waals surface area contributed by atoms with Gasteiger partial charge in [-0.1, -0.05) is 18.2 Å². The summed E-state index contributed by atoms with van der Waals surface area (Å²) in [4.78, 5) is 22.1. The zero-order valence-corrected chi connectivity index (χ0v) is 11.2. The second-order valence-corrected chi connectivity index (χ2v) is 4.19. The lowest BCUT2D eigenvalue weighted by Crippen LogP contribution is -2.27. The summed E-state index contributed by atoms with van der Waals surface area (Å²) in [6.45, 7) is 1.97. The van der Waals surface area contributed by atoms with Crippen LogP contribution in [-0.2, 0) is 0 Å². The van der Waals surface area contributed by atoms with Crippen molar-refractivity contribution in [1.82, 2.24) is 9.97 Å². The van der Waals surface area contributed by atoms with E-state index >= 15 is 0 Å². The van der Waals surface area contributed by atoms with E-state index in [1.165, 1.54) is 6.20 Å². The lowest BCUT2D eigenvalue weighted by Gasteiger charge is -2.18. The first-order chi connectivity index (χ1) is 9.13. The Hall–Kier alpha value is -2.43. The molecule has 19 heavy (non-hydrogen) atoms. The highest BCUT2D eigenvalue weighted by Gasteiger charge is 2.16. The van der Waals surface area contributed by atoms with Gasteiger partial charge in [0.2, 0.25) is 0 Å². The normalized spacial score (nSPS) is 10.1. The van der Waals surface area contributed by atoms with Crippen LogP contribution in [0, 0.1) is 6.92 Å². The Balaban J connectivity index is 2.26. The van der Waals surface area contributed by atoms with Gasteiger partial charge in [0.25, 0.3) is 5.91 Å². The molecule has 1 heterocycles. The zero-order valence-electron chi connectivity index (χ0n) is 11.2. The highest BCUT2D eigenvalue weighted by atomic mass is 16.2. The van der Waals surface area contributed by atoms with E-state index in [2.05, 4.69) is 15.3 Å². The third kappa shape index (κ3) is 2.70. The Bertz CT molecular complexity index is 580. The number of nitrogens with one attached hydrogen (secondary N) is 1. The van der Waals surface area contributed by atoms with Gasteiger partial charge in [0.1, 0.15) is 11.5 Å². The monoisotopic (exact) mass is 256 g/mol. The fraction of sp³-hybridized carbons (Fsp3) is 0.214. The third-order valence-corrected chi connectivity index (χ3v) is 2.91. The number of carbonyl (C=O) groups is 1. The molecule has 0 radical (unpaired) electrons. The van der Waals surface area contributed by atoms with Crippen molar-refractivity contribution < 1.29 is 4.79 Å². The van der Waals surface area contributed by atoms with Crippen LogP contribution in [0.2, 0.25) is 0 Å². The van der Waals surface area contributed by atoms with Gasteiger partial charge in [-0.25, -0.2) is 9.97 Å². The molecular weight excluding hydrogens is 240 g/mol. The van der Waals surface area contributed by atoms with E-state index in [0.717, 1.165) is 11.3 Å². The fourth-order valence-corrected chi connectivity index (χ4v) is 1.79. The highest BCUT2D eigenvalue weighted by Crippen LogP contribution is 2.19. The van der Waals surface area contributed by atoms with Gasteiger partial charge in [-0.2, -0.15) is 0 Å². The van der Waals surface area contributed by atoms with E-state index in [1.807, 2.05) is 31.2 Å². The van der Waals surface area contributed by atoms with Gasteiger partial charge in [-0.3, -0.25) is 4.79 Å². The summed E-state index contributed by atoms with van der Waals surface area (Å²) in [5.41, 5.74) is 2.23. The first kappa shape index (κ1) is 13.0. The number of rotatable bonds is 3. The molecule has 0 saturated heterocycles. The van der Waals surface area contributed by atoms with Crippen molar-refractivity contribution in [3.05, 3.63) is 47.9 Å². The molecule has 5 heteroatoms. The lowest BCUT2D eigenvalue weighted by molar-refractivity contribution is 0.0988. The molecule has 1 amide bonds. The number of benzene rings is 1. The van der Waals surface area contributed by atoms with Crippen molar-refractivity contribution in [3.8, 4) is 0 Å². The van der Waals surface area contributed by atoms with Crippen LogP contribution >= 0.6 is 0 Å². The largest absolute Gasteiger partial charge is 0.372 e. The van der Waals surface area contributed by atoms with Gasteiger partial charge in [0.05, 0.1) is 12.4 Å². The molecular formula is C14H16N4O. The number of aromatic nitrogens is 2. The van der Waals surface area contributed by atoms with Gasteiger partial charge in [-0.05, 0) is 18.6 Å². The van der Waals surface area contributed by atoms with E-state index in [0.29, 0.717) is 11.5 Å². The van der Waals surface area contributed by atoms with Crippen LogP contribution in [0.25, 0.3) is 0 Å². The molecule has 1 aromatic carbocycles. The van der Waals surface area contributed by atoms with Crippen LogP contribution in [0.4, 0.5) is 11.5 Å². The maximum absolute atomic E-state index is 12.3. The molecule has 0 spiro atoms. The van der Waals surface area contributed by atoms with Gasteiger partial charge >= 0.3 is 0 Å². The van der Waals surface area contributed by atoms with Gasteiger partial charge in [0.15, 0.2) is 0 Å². The maximum Gasteiger partial charge on any atom is 0.278 e. The smallest absolute Gasteiger partial charge is 0.278 e. The van der Waals surface area contributed by atoms with Crippen LogP contribution in [-0.4, -0.2) is 30.0 Å². The standard InChI is InChI=1S/C14H16N4O/c1-10-6-4-5-7-12(10)18(3)14(19)11-8-17-13(15-2)9-16-11/h4-9H,1-3H3,(H,15,17). The first-order valence-electron chi connectivity index (χ1n) is 5.97. The Morgan fingerprint density at radius 3 is 2.53 bits per heavy atom. The number of aryl methyl sites for hydroxylation is 1. The summed E-state index contributed by atoms with van der Waals surface area (Å²) in [5.74, 6) is 0.458. The molecule has 2 aromatic rings. The molecule has 0 fully saturated rings. The molecule has 0 unspecified atom stereocenters. The number of amides is 1. The Kier molecular flexibility index (Phi) is 3.75. The zero-order chi connectivity index (χ0) is 13.8. The van der Waals surface area contributed by atoms with Crippen LogP contribution in [0.1, 0.15) is 16.1 Å². The van der Waals surface area contributed by atoms with E-state index in [4.69, 9.17) is 0 Å². The Labute approximate surface area is 112 Å². The van der Waals surface area contributed by atoms with Crippen LogP contribution in [0.15, 0.2) is 36.7 Å². The van der Waals surface area contributed by atoms with Crippen molar-refractivity contribution in [3.63, 3.8) is 0 Å². The van der Waals surface area contributed by atoms with Crippen molar-refractivity contribution in [1.29, 1.82) is 0 Å². The Morgan fingerprint density at radius 1 is 1.21 bits per heavy atom. The molecule has 98 valence electrons. The van der Waals surface area contributed by atoms with Crippen LogP contribution in [0.5, 0.6) is 0 Å². The van der Waals surface area contributed by atoms with E-state index in [1.54, 1.807) is 25.2 Å². The summed E-state index contributed by atoms with van der Waals surface area (Å²) < 4.78 is 0. The van der Waals surface area contributed by atoms with Crippen LogP contribution < -0.4 is 10.2 Å². The maximum atomic E-state index is 12.3. The number of para-hydroxylation sites is 1. The Morgan fingerprint density at radius 2 is 1.95 bits per heavy atom. The third-order valence-electron chi connectivity index (χ3n) is 2.91. The summed E-state index contributed by atoms with van der Waals surface area (Å²) in [6.07, 6.45) is 3.02.